The van der Waals surface area contributed by atoms with Crippen LogP contribution >= 0.6 is 11.6 Å². The minimum atomic E-state index is -1.05. The molecule has 106 valence electrons. The van der Waals surface area contributed by atoms with E-state index in [1.165, 1.54) is 12.3 Å². The maximum absolute atomic E-state index is 11.0. The molecular weight excluding hydrogens is 266 g/mol. The molecule has 19 heavy (non-hydrogen) atoms. The number of nitrogens with zero attached hydrogens (tertiary/aromatic N) is 2. The Kier molecular flexibility index (Phi) is 6.05. The van der Waals surface area contributed by atoms with Crippen LogP contribution in [0, 0.1) is 0 Å². The van der Waals surface area contributed by atoms with Gasteiger partial charge in [0, 0.05) is 18.8 Å². The molecule has 2 N–H and O–H groups in total. The maximum atomic E-state index is 11.0. The number of aromatic carboxylic acids is 1. The van der Waals surface area contributed by atoms with Crippen molar-refractivity contribution in [2.24, 2.45) is 0 Å². The highest BCUT2D eigenvalue weighted by Crippen LogP contribution is 2.18. The molecule has 0 aliphatic rings. The summed E-state index contributed by atoms with van der Waals surface area (Å²) in [4.78, 5) is 17.4. The Morgan fingerprint density at radius 2 is 2.16 bits per heavy atom. The molecule has 1 atom stereocenters. The number of carboxylic acids is 1. The first kappa shape index (κ1) is 15.7. The molecule has 0 spiro atoms. The van der Waals surface area contributed by atoms with Crippen LogP contribution in [0.3, 0.4) is 0 Å². The summed E-state index contributed by atoms with van der Waals surface area (Å²) in [6, 6.07) is 1.64. The lowest BCUT2D eigenvalue weighted by Gasteiger charge is -2.23. The van der Waals surface area contributed by atoms with Crippen LogP contribution in [0.15, 0.2) is 12.3 Å². The van der Waals surface area contributed by atoms with Crippen LogP contribution in [-0.4, -0.2) is 46.6 Å². The van der Waals surface area contributed by atoms with E-state index in [4.69, 9.17) is 16.7 Å². The first-order chi connectivity index (χ1) is 8.97. The molecular formula is C13H20ClN3O2. The summed E-state index contributed by atoms with van der Waals surface area (Å²) >= 11 is 5.78. The van der Waals surface area contributed by atoms with Crippen LogP contribution in [0.1, 0.15) is 31.1 Å². The third-order valence-electron chi connectivity index (χ3n) is 2.91. The summed E-state index contributed by atoms with van der Waals surface area (Å²) in [6.07, 6.45) is 1.36. The largest absolute Gasteiger partial charge is 0.478 e. The van der Waals surface area contributed by atoms with Crippen molar-refractivity contribution in [3.8, 4) is 0 Å². The van der Waals surface area contributed by atoms with E-state index in [1.807, 2.05) is 6.92 Å². The molecule has 0 saturated carbocycles. The summed E-state index contributed by atoms with van der Waals surface area (Å²) in [5.41, 5.74) is 0.0641. The summed E-state index contributed by atoms with van der Waals surface area (Å²) in [5, 5.41) is 12.3. The Morgan fingerprint density at radius 1 is 1.53 bits per heavy atom. The summed E-state index contributed by atoms with van der Waals surface area (Å²) in [6.45, 7) is 9.10. The van der Waals surface area contributed by atoms with Crippen molar-refractivity contribution in [1.29, 1.82) is 0 Å². The molecule has 1 unspecified atom stereocenters. The fraction of sp³-hybridized carbons (Fsp3) is 0.538. The van der Waals surface area contributed by atoms with E-state index in [-0.39, 0.29) is 16.6 Å². The normalized spacial score (nSPS) is 12.5. The van der Waals surface area contributed by atoms with E-state index in [0.717, 1.165) is 19.6 Å². The maximum Gasteiger partial charge on any atom is 0.337 e. The number of hydrogen-bond acceptors (Lipinski definition) is 4. The van der Waals surface area contributed by atoms with Gasteiger partial charge in [-0.05, 0) is 26.1 Å². The molecule has 1 heterocycles. The number of rotatable bonds is 7. The van der Waals surface area contributed by atoms with Crippen molar-refractivity contribution in [3.63, 3.8) is 0 Å². The quantitative estimate of drug-likeness (QED) is 0.806. The van der Waals surface area contributed by atoms with Crippen LogP contribution < -0.4 is 5.32 Å². The number of hydrogen-bond donors (Lipinski definition) is 2. The van der Waals surface area contributed by atoms with Gasteiger partial charge in [0.25, 0.3) is 0 Å². The van der Waals surface area contributed by atoms with Crippen LogP contribution in [0.25, 0.3) is 0 Å². The van der Waals surface area contributed by atoms with E-state index in [1.54, 1.807) is 0 Å². The molecule has 6 heteroatoms. The molecule has 0 aromatic carbocycles. The van der Waals surface area contributed by atoms with E-state index in [9.17, 15) is 4.79 Å². The molecule has 5 nitrogen and oxygen atoms in total. The van der Waals surface area contributed by atoms with Gasteiger partial charge >= 0.3 is 5.97 Å². The van der Waals surface area contributed by atoms with Crippen molar-refractivity contribution in [3.05, 3.63) is 22.8 Å². The Labute approximate surface area is 118 Å². The molecule has 0 fully saturated rings. The number of halogens is 1. The van der Waals surface area contributed by atoms with Gasteiger partial charge in [0.2, 0.25) is 0 Å². The van der Waals surface area contributed by atoms with Crippen LogP contribution in [0.5, 0.6) is 0 Å². The van der Waals surface area contributed by atoms with E-state index in [0.29, 0.717) is 5.82 Å². The van der Waals surface area contributed by atoms with Gasteiger partial charge in [0.1, 0.15) is 5.82 Å². The van der Waals surface area contributed by atoms with Crippen molar-refractivity contribution in [2.45, 2.75) is 26.8 Å². The number of carbonyl (C=O) groups is 1. The second-order valence-electron chi connectivity index (χ2n) is 4.39. The lowest BCUT2D eigenvalue weighted by molar-refractivity contribution is 0.0697. The van der Waals surface area contributed by atoms with Crippen LogP contribution in [-0.2, 0) is 0 Å². The first-order valence-corrected chi connectivity index (χ1v) is 6.73. The van der Waals surface area contributed by atoms with Gasteiger partial charge in [-0.2, -0.15) is 0 Å². The Balaban J connectivity index is 2.71. The number of pyridine rings is 1. The van der Waals surface area contributed by atoms with E-state index >= 15 is 0 Å². The molecule has 1 rings (SSSR count). The highest BCUT2D eigenvalue weighted by atomic mass is 35.5. The number of likely N-dealkylation sites (N-methyl/N-ethyl adjacent to an activating group) is 1. The van der Waals surface area contributed by atoms with Crippen LogP contribution in [0.2, 0.25) is 5.02 Å². The molecule has 0 amide bonds. The number of anilines is 1. The predicted molar refractivity (Wildman–Crippen MR) is 77.1 cm³/mol. The topological polar surface area (TPSA) is 65.5 Å². The monoisotopic (exact) mass is 285 g/mol. The highest BCUT2D eigenvalue weighted by molar-refractivity contribution is 6.33. The fourth-order valence-corrected chi connectivity index (χ4v) is 2.03. The average molecular weight is 286 g/mol. The smallest absolute Gasteiger partial charge is 0.337 e. The van der Waals surface area contributed by atoms with Crippen LogP contribution in [0.4, 0.5) is 5.82 Å². The van der Waals surface area contributed by atoms with E-state index < -0.39 is 5.97 Å². The Hall–Kier alpha value is -1.33. The minimum Gasteiger partial charge on any atom is -0.478 e. The molecule has 0 radical (unpaired) electrons. The first-order valence-electron chi connectivity index (χ1n) is 6.35. The molecule has 1 aromatic heterocycles. The molecule has 0 aliphatic carbocycles. The summed E-state index contributed by atoms with van der Waals surface area (Å²) in [7, 11) is 0. The SMILES string of the molecule is CCN(CC)CC(C)Nc1cc(C(=O)O)c(Cl)cn1. The third kappa shape index (κ3) is 4.69. The predicted octanol–water partition coefficient (Wildman–Crippen LogP) is 2.58. The van der Waals surface area contributed by atoms with Gasteiger partial charge in [-0.25, -0.2) is 9.78 Å². The van der Waals surface area contributed by atoms with Crippen molar-refractivity contribution < 1.29 is 9.90 Å². The van der Waals surface area contributed by atoms with Crippen molar-refractivity contribution >= 4 is 23.4 Å². The number of nitrogens with one attached hydrogen (secondary N) is 1. The molecule has 0 saturated heterocycles. The standard InChI is InChI=1S/C13H20ClN3O2/c1-4-17(5-2)8-9(3)16-12-6-10(13(18)19)11(14)7-15-12/h6-7,9H,4-5,8H2,1-3H3,(H,15,16)(H,18,19). The second kappa shape index (κ2) is 7.31. The van der Waals surface area contributed by atoms with Gasteiger partial charge in [-0.3, -0.25) is 0 Å². The Bertz CT molecular complexity index is 436. The zero-order chi connectivity index (χ0) is 14.4. The van der Waals surface area contributed by atoms with E-state index in [2.05, 4.69) is 29.0 Å². The van der Waals surface area contributed by atoms with Crippen molar-refractivity contribution in [2.75, 3.05) is 25.0 Å². The summed E-state index contributed by atoms with van der Waals surface area (Å²) < 4.78 is 0. The average Bonchev–Trinajstić information content (AvgIpc) is 2.37. The number of carboxylic acid groups (broad SMARTS) is 1. The lowest BCUT2D eigenvalue weighted by Crippen LogP contribution is -2.34. The summed E-state index contributed by atoms with van der Waals surface area (Å²) in [5.74, 6) is -0.520. The Morgan fingerprint density at radius 3 is 2.68 bits per heavy atom. The lowest BCUT2D eigenvalue weighted by atomic mass is 10.2. The molecule has 1 aromatic rings. The second-order valence-corrected chi connectivity index (χ2v) is 4.79. The van der Waals surface area contributed by atoms with Gasteiger partial charge < -0.3 is 15.3 Å². The van der Waals surface area contributed by atoms with Gasteiger partial charge in [0.15, 0.2) is 0 Å². The van der Waals surface area contributed by atoms with Gasteiger partial charge in [0.05, 0.1) is 10.6 Å². The van der Waals surface area contributed by atoms with Crippen molar-refractivity contribution in [1.82, 2.24) is 9.88 Å². The zero-order valence-electron chi connectivity index (χ0n) is 11.5. The minimum absolute atomic E-state index is 0.0641. The highest BCUT2D eigenvalue weighted by Gasteiger charge is 2.12. The van der Waals surface area contributed by atoms with Gasteiger partial charge in [-0.1, -0.05) is 25.4 Å². The third-order valence-corrected chi connectivity index (χ3v) is 3.21. The zero-order valence-corrected chi connectivity index (χ0v) is 12.2. The number of aromatic nitrogens is 1. The fourth-order valence-electron chi connectivity index (χ4n) is 1.85. The molecule has 0 aliphatic heterocycles. The molecule has 0 bridgehead atoms. The van der Waals surface area contributed by atoms with Gasteiger partial charge in [-0.15, -0.1) is 0 Å².